The van der Waals surface area contributed by atoms with Crippen molar-refractivity contribution in [2.45, 2.75) is 17.7 Å². The highest BCUT2D eigenvalue weighted by atomic mass is 35.5. The zero-order valence-corrected chi connectivity index (χ0v) is 18.3. The van der Waals surface area contributed by atoms with Gasteiger partial charge in [0.05, 0.1) is 11.4 Å². The maximum absolute atomic E-state index is 14.1. The lowest BCUT2D eigenvalue weighted by molar-refractivity contribution is -0.116. The number of hydrogen-bond acceptors (Lipinski definition) is 3. The van der Waals surface area contributed by atoms with Crippen molar-refractivity contribution in [1.29, 1.82) is 0 Å². The number of nitrogens with one attached hydrogen (secondary N) is 1. The van der Waals surface area contributed by atoms with E-state index < -0.39 is 5.38 Å². The molecule has 2 atom stereocenters. The molecule has 4 nitrogen and oxygen atoms in total. The highest BCUT2D eigenvalue weighted by Crippen LogP contribution is 2.43. The molecular weight excluding hydrogens is 435 g/mol. The molecule has 0 radical (unpaired) electrons. The van der Waals surface area contributed by atoms with Crippen molar-refractivity contribution in [3.63, 3.8) is 0 Å². The van der Waals surface area contributed by atoms with Gasteiger partial charge in [0.2, 0.25) is 11.8 Å². The molecule has 4 rings (SSSR count). The van der Waals surface area contributed by atoms with Crippen LogP contribution in [0.2, 0.25) is 0 Å². The van der Waals surface area contributed by atoms with Gasteiger partial charge in [-0.25, -0.2) is 4.39 Å². The van der Waals surface area contributed by atoms with Gasteiger partial charge in [-0.1, -0.05) is 48.5 Å². The molecule has 1 fully saturated rings. The van der Waals surface area contributed by atoms with Crippen molar-refractivity contribution >= 4 is 46.6 Å². The van der Waals surface area contributed by atoms with E-state index >= 15 is 0 Å². The summed E-state index contributed by atoms with van der Waals surface area (Å²) in [4.78, 5) is 26.9. The van der Waals surface area contributed by atoms with Gasteiger partial charge in [-0.3, -0.25) is 14.5 Å². The van der Waals surface area contributed by atoms with Crippen molar-refractivity contribution in [3.05, 3.63) is 95.3 Å². The predicted molar refractivity (Wildman–Crippen MR) is 124 cm³/mol. The molecule has 0 bridgehead atoms. The lowest BCUT2D eigenvalue weighted by Gasteiger charge is -2.26. The topological polar surface area (TPSA) is 49.4 Å². The molecule has 2 unspecified atom stereocenters. The quantitative estimate of drug-likeness (QED) is 0.493. The Morgan fingerprint density at radius 1 is 1.13 bits per heavy atom. The number of thioether (sulfide) groups is 1. The summed E-state index contributed by atoms with van der Waals surface area (Å²) in [6.45, 7) is 1.67. The number of carbonyl (C=O) groups is 2. The fourth-order valence-corrected chi connectivity index (χ4v) is 4.90. The molecule has 1 heterocycles. The van der Waals surface area contributed by atoms with Crippen LogP contribution in [0.1, 0.15) is 27.4 Å². The van der Waals surface area contributed by atoms with Crippen LogP contribution in [0.4, 0.5) is 15.8 Å². The second-order valence-electron chi connectivity index (χ2n) is 7.20. The van der Waals surface area contributed by atoms with Crippen molar-refractivity contribution in [2.75, 3.05) is 16.0 Å². The van der Waals surface area contributed by atoms with Gasteiger partial charge < -0.3 is 5.32 Å². The second-order valence-corrected chi connectivity index (χ2v) is 8.70. The number of nitrogens with zero attached hydrogens (tertiary/aromatic N) is 1. The van der Waals surface area contributed by atoms with Gasteiger partial charge in [-0.2, -0.15) is 0 Å². The summed E-state index contributed by atoms with van der Waals surface area (Å²) in [7, 11) is 0. The molecule has 7 heteroatoms. The molecule has 31 heavy (non-hydrogen) atoms. The number of hydrogen-bond donors (Lipinski definition) is 1. The lowest BCUT2D eigenvalue weighted by atomic mass is 10.1. The molecule has 3 aromatic rings. The Morgan fingerprint density at radius 2 is 1.87 bits per heavy atom. The third kappa shape index (κ3) is 4.45. The molecule has 1 aliphatic heterocycles. The number of rotatable bonds is 5. The van der Waals surface area contributed by atoms with Crippen LogP contribution >= 0.6 is 23.4 Å². The van der Waals surface area contributed by atoms with Crippen molar-refractivity contribution in [1.82, 2.24) is 0 Å². The third-order valence-electron chi connectivity index (χ3n) is 5.13. The number of halogens is 2. The zero-order valence-electron chi connectivity index (χ0n) is 16.7. The Balaban J connectivity index is 1.58. The van der Waals surface area contributed by atoms with Gasteiger partial charge in [0.25, 0.3) is 0 Å². The average Bonchev–Trinajstić information content (AvgIpc) is 3.17. The van der Waals surface area contributed by atoms with E-state index in [2.05, 4.69) is 5.32 Å². The van der Waals surface area contributed by atoms with Gasteiger partial charge in [0.1, 0.15) is 16.6 Å². The molecule has 1 aliphatic rings. The summed E-state index contributed by atoms with van der Waals surface area (Å²) < 4.78 is 14.1. The summed E-state index contributed by atoms with van der Waals surface area (Å²) in [5.74, 6) is -0.466. The van der Waals surface area contributed by atoms with Crippen molar-refractivity contribution in [2.24, 2.45) is 0 Å². The maximum atomic E-state index is 14.1. The molecule has 158 valence electrons. The Bertz CT molecular complexity index is 1130. The number of amides is 2. The normalized spacial score (nSPS) is 16.9. The van der Waals surface area contributed by atoms with E-state index in [1.54, 1.807) is 42.2 Å². The summed E-state index contributed by atoms with van der Waals surface area (Å²) in [5, 5.41) is 1.71. The molecule has 0 aromatic heterocycles. The average molecular weight is 455 g/mol. The number of benzene rings is 3. The van der Waals surface area contributed by atoms with E-state index in [0.717, 1.165) is 5.56 Å². The first-order valence-electron chi connectivity index (χ1n) is 9.74. The number of alkyl halides is 1. The number of anilines is 2. The van der Waals surface area contributed by atoms with E-state index in [1.165, 1.54) is 17.8 Å². The molecule has 2 amide bonds. The smallest absolute Gasteiger partial charge is 0.246 e. The van der Waals surface area contributed by atoms with Crippen molar-refractivity contribution in [3.8, 4) is 0 Å². The van der Waals surface area contributed by atoms with Crippen LogP contribution in [0.25, 0.3) is 0 Å². The van der Waals surface area contributed by atoms with Crippen LogP contribution < -0.4 is 10.2 Å². The standard InChI is InChI=1S/C24H20ClFN2O2S/c1-15-19(26)11-6-12-20(15)28-21(29)14-31-24(28)17-9-5-10-18(13-17)27-23(30)22(25)16-7-3-2-4-8-16/h2-13,22,24H,14H2,1H3,(H,27,30). The van der Waals surface area contributed by atoms with Crippen LogP contribution in [0.15, 0.2) is 72.8 Å². The first-order chi connectivity index (χ1) is 15.0. The van der Waals surface area contributed by atoms with Crippen LogP contribution in [-0.4, -0.2) is 17.6 Å². The van der Waals surface area contributed by atoms with Crippen LogP contribution in [0, 0.1) is 12.7 Å². The molecule has 0 saturated carbocycles. The van der Waals surface area contributed by atoms with Gasteiger partial charge in [0.15, 0.2) is 0 Å². The van der Waals surface area contributed by atoms with E-state index in [-0.39, 0.29) is 23.0 Å². The van der Waals surface area contributed by atoms with E-state index in [9.17, 15) is 14.0 Å². The second kappa shape index (κ2) is 9.12. The summed E-state index contributed by atoms with van der Waals surface area (Å²) in [6.07, 6.45) is 0. The Kier molecular flexibility index (Phi) is 6.30. The zero-order chi connectivity index (χ0) is 22.0. The van der Waals surface area contributed by atoms with Crippen LogP contribution in [0.5, 0.6) is 0 Å². The summed E-state index contributed by atoms with van der Waals surface area (Å²) in [5.41, 5.74) is 3.12. The number of carbonyl (C=O) groups excluding carboxylic acids is 2. The Labute approximate surface area is 189 Å². The van der Waals surface area contributed by atoms with E-state index in [4.69, 9.17) is 11.6 Å². The fraction of sp³-hybridized carbons (Fsp3) is 0.167. The summed E-state index contributed by atoms with van der Waals surface area (Å²) >= 11 is 7.79. The SMILES string of the molecule is Cc1c(F)cccc1N1C(=O)CSC1c1cccc(NC(=O)C(Cl)c2ccccc2)c1. The molecule has 1 N–H and O–H groups in total. The van der Waals surface area contributed by atoms with E-state index in [0.29, 0.717) is 28.3 Å². The predicted octanol–water partition coefficient (Wildman–Crippen LogP) is 5.83. The van der Waals surface area contributed by atoms with Crippen molar-refractivity contribution < 1.29 is 14.0 Å². The molecule has 1 saturated heterocycles. The van der Waals surface area contributed by atoms with Gasteiger partial charge in [0, 0.05) is 11.3 Å². The minimum Gasteiger partial charge on any atom is -0.324 e. The molecular formula is C24H20ClFN2O2S. The van der Waals surface area contributed by atoms with Gasteiger partial charge in [-0.15, -0.1) is 23.4 Å². The summed E-state index contributed by atoms with van der Waals surface area (Å²) in [6, 6.07) is 21.2. The molecule has 0 aliphatic carbocycles. The molecule has 0 spiro atoms. The van der Waals surface area contributed by atoms with Gasteiger partial charge >= 0.3 is 0 Å². The molecule has 3 aromatic carbocycles. The highest BCUT2D eigenvalue weighted by Gasteiger charge is 2.35. The Hall–Kier alpha value is -2.83. The third-order valence-corrected chi connectivity index (χ3v) is 6.79. The van der Waals surface area contributed by atoms with Gasteiger partial charge in [-0.05, 0) is 42.3 Å². The minimum absolute atomic E-state index is 0.0805. The monoisotopic (exact) mass is 454 g/mol. The maximum Gasteiger partial charge on any atom is 0.246 e. The highest BCUT2D eigenvalue weighted by molar-refractivity contribution is 8.00. The largest absolute Gasteiger partial charge is 0.324 e. The first kappa shape index (κ1) is 21.4. The Morgan fingerprint density at radius 3 is 2.65 bits per heavy atom. The first-order valence-corrected chi connectivity index (χ1v) is 11.2. The van der Waals surface area contributed by atoms with Crippen LogP contribution in [0.3, 0.4) is 0 Å². The minimum atomic E-state index is -0.821. The lowest BCUT2D eigenvalue weighted by Crippen LogP contribution is -2.28. The fourth-order valence-electron chi connectivity index (χ4n) is 3.54. The van der Waals surface area contributed by atoms with Crippen LogP contribution in [-0.2, 0) is 9.59 Å². The van der Waals surface area contributed by atoms with E-state index in [1.807, 2.05) is 36.4 Å².